The van der Waals surface area contributed by atoms with Gasteiger partial charge in [-0.2, -0.15) is 10.1 Å². The highest BCUT2D eigenvalue weighted by Crippen LogP contribution is 2.38. The average molecular weight is 432 g/mol. The van der Waals surface area contributed by atoms with Crippen LogP contribution in [0.5, 0.6) is 0 Å². The first-order chi connectivity index (χ1) is 15.6. The van der Waals surface area contributed by atoms with Crippen molar-refractivity contribution < 1.29 is 4.52 Å². The predicted octanol–water partition coefficient (Wildman–Crippen LogP) is 3.86. The van der Waals surface area contributed by atoms with Gasteiger partial charge in [-0.3, -0.25) is 5.10 Å². The highest BCUT2D eigenvalue weighted by molar-refractivity contribution is 5.72. The Labute approximate surface area is 185 Å². The number of nitrogens with zero attached hydrogens (tertiary/aromatic N) is 6. The molecule has 4 aromatic rings. The molecule has 1 aliphatic rings. The third-order valence-electron chi connectivity index (χ3n) is 5.55. The van der Waals surface area contributed by atoms with E-state index in [4.69, 9.17) is 14.5 Å². The summed E-state index contributed by atoms with van der Waals surface area (Å²) in [5.41, 5.74) is 3.60. The summed E-state index contributed by atoms with van der Waals surface area (Å²) in [6.07, 6.45) is 3.50. The van der Waals surface area contributed by atoms with Gasteiger partial charge >= 0.3 is 0 Å². The van der Waals surface area contributed by atoms with Crippen molar-refractivity contribution in [3.05, 3.63) is 53.7 Å². The quantitative estimate of drug-likeness (QED) is 0.400. The Morgan fingerprint density at radius 3 is 2.84 bits per heavy atom. The van der Waals surface area contributed by atoms with Crippen LogP contribution in [0.25, 0.3) is 11.3 Å². The zero-order valence-electron chi connectivity index (χ0n) is 18.3. The molecule has 10 heteroatoms. The molecular formula is C22H25N9O. The van der Waals surface area contributed by atoms with Crippen molar-refractivity contribution in [3.63, 3.8) is 0 Å². The van der Waals surface area contributed by atoms with Gasteiger partial charge in [-0.25, -0.2) is 9.97 Å². The van der Waals surface area contributed by atoms with Crippen LogP contribution in [-0.2, 0) is 6.42 Å². The molecule has 4 aromatic heterocycles. The van der Waals surface area contributed by atoms with E-state index in [1.807, 2.05) is 44.3 Å². The molecule has 0 unspecified atom stereocenters. The second-order valence-corrected chi connectivity index (χ2v) is 7.72. The lowest BCUT2D eigenvalue weighted by molar-refractivity contribution is 0.315. The lowest BCUT2D eigenvalue weighted by atomic mass is 10.00. The van der Waals surface area contributed by atoms with E-state index in [1.54, 1.807) is 6.20 Å². The van der Waals surface area contributed by atoms with Crippen LogP contribution in [0.2, 0.25) is 0 Å². The molecule has 1 saturated heterocycles. The summed E-state index contributed by atoms with van der Waals surface area (Å²) < 4.78 is 5.73. The Kier molecular flexibility index (Phi) is 5.18. The van der Waals surface area contributed by atoms with Gasteiger partial charge in [0.25, 0.3) is 0 Å². The molecule has 164 valence electrons. The number of aromatic nitrogens is 6. The lowest BCUT2D eigenvalue weighted by Crippen LogP contribution is -2.42. The van der Waals surface area contributed by atoms with Crippen molar-refractivity contribution in [1.82, 2.24) is 30.3 Å². The largest absolute Gasteiger partial charge is 0.373 e. The maximum Gasteiger partial charge on any atom is 0.228 e. The number of hydrogen-bond acceptors (Lipinski definition) is 9. The van der Waals surface area contributed by atoms with Gasteiger partial charge in [0, 0.05) is 54.9 Å². The van der Waals surface area contributed by atoms with Crippen molar-refractivity contribution >= 4 is 23.4 Å². The number of nitrogens with one attached hydrogen (secondary N) is 3. The van der Waals surface area contributed by atoms with Gasteiger partial charge in [0.15, 0.2) is 11.6 Å². The van der Waals surface area contributed by atoms with Gasteiger partial charge in [0.05, 0.1) is 6.04 Å². The number of anilines is 4. The number of aryl methyl sites for hydroxylation is 2. The number of rotatable bonds is 7. The normalized spacial score (nSPS) is 15.5. The third kappa shape index (κ3) is 3.75. The molecule has 1 aliphatic heterocycles. The van der Waals surface area contributed by atoms with E-state index < -0.39 is 0 Å². The summed E-state index contributed by atoms with van der Waals surface area (Å²) in [5.74, 6) is 3.68. The molecule has 32 heavy (non-hydrogen) atoms. The van der Waals surface area contributed by atoms with E-state index in [9.17, 15) is 0 Å². The Balaban J connectivity index is 1.40. The Morgan fingerprint density at radius 2 is 2.12 bits per heavy atom. The third-order valence-corrected chi connectivity index (χ3v) is 5.55. The van der Waals surface area contributed by atoms with E-state index >= 15 is 0 Å². The molecule has 1 fully saturated rings. The summed E-state index contributed by atoms with van der Waals surface area (Å²) in [4.78, 5) is 16.0. The van der Waals surface area contributed by atoms with Gasteiger partial charge in [0.2, 0.25) is 5.95 Å². The standard InChI is InChI=1S/C22H25N9O/c1-4-14-11-19(26-20-10-13(2)28-29-20)27-22(25-14)31-9-7-17(31)18-12-16(30-32-18)15-6-5-8-24-21(15)23-3/h5-6,8,10-12,17H,4,7,9H2,1-3H3,(H,23,24)(H2,25,26,27,28,29)/t17-/m0/s1. The van der Waals surface area contributed by atoms with Crippen LogP contribution in [0.3, 0.4) is 0 Å². The lowest BCUT2D eigenvalue weighted by Gasteiger charge is -2.39. The molecule has 0 aliphatic carbocycles. The summed E-state index contributed by atoms with van der Waals surface area (Å²) in [6, 6.07) is 9.77. The van der Waals surface area contributed by atoms with E-state index in [0.717, 1.165) is 65.2 Å². The fraction of sp³-hybridized carbons (Fsp3) is 0.318. The molecule has 0 spiro atoms. The van der Waals surface area contributed by atoms with Crippen LogP contribution in [0.1, 0.15) is 36.5 Å². The molecule has 0 saturated carbocycles. The van der Waals surface area contributed by atoms with Crippen LogP contribution in [0.15, 0.2) is 41.1 Å². The monoisotopic (exact) mass is 431 g/mol. The van der Waals surface area contributed by atoms with Crippen LogP contribution in [0.4, 0.5) is 23.4 Å². The molecular weight excluding hydrogens is 406 g/mol. The number of hydrogen-bond donors (Lipinski definition) is 3. The SMILES string of the molecule is CCc1cc(Nc2cc(C)[nH]n2)nc(N2CC[C@H]2c2cc(-c3cccnc3NC)no2)n1. The van der Waals surface area contributed by atoms with Gasteiger partial charge in [-0.15, -0.1) is 0 Å². The smallest absolute Gasteiger partial charge is 0.228 e. The summed E-state index contributed by atoms with van der Waals surface area (Å²) in [6.45, 7) is 4.89. The minimum absolute atomic E-state index is 0.0403. The van der Waals surface area contributed by atoms with Crippen LogP contribution in [-0.4, -0.2) is 43.9 Å². The van der Waals surface area contributed by atoms with Crippen molar-refractivity contribution in [3.8, 4) is 11.3 Å². The van der Waals surface area contributed by atoms with Gasteiger partial charge in [-0.05, 0) is 31.9 Å². The molecule has 1 atom stereocenters. The minimum Gasteiger partial charge on any atom is -0.373 e. The topological polar surface area (TPSA) is 121 Å². The zero-order chi connectivity index (χ0) is 22.1. The van der Waals surface area contributed by atoms with Crippen molar-refractivity contribution in [2.75, 3.05) is 29.1 Å². The summed E-state index contributed by atoms with van der Waals surface area (Å²) in [5, 5.41) is 17.8. The first-order valence-electron chi connectivity index (χ1n) is 10.7. The highest BCUT2D eigenvalue weighted by Gasteiger charge is 2.35. The van der Waals surface area contributed by atoms with E-state index in [0.29, 0.717) is 5.95 Å². The second-order valence-electron chi connectivity index (χ2n) is 7.72. The van der Waals surface area contributed by atoms with Gasteiger partial charge in [-0.1, -0.05) is 12.1 Å². The predicted molar refractivity (Wildman–Crippen MR) is 122 cm³/mol. The van der Waals surface area contributed by atoms with Crippen LogP contribution in [0, 0.1) is 6.92 Å². The second kappa shape index (κ2) is 8.29. The molecule has 0 bridgehead atoms. The maximum absolute atomic E-state index is 5.73. The molecule has 0 aromatic carbocycles. The Morgan fingerprint density at radius 1 is 1.22 bits per heavy atom. The van der Waals surface area contributed by atoms with Crippen LogP contribution < -0.4 is 15.5 Å². The number of pyridine rings is 1. The Hall–Kier alpha value is -3.95. The summed E-state index contributed by atoms with van der Waals surface area (Å²) >= 11 is 0. The molecule has 5 heterocycles. The van der Waals surface area contributed by atoms with Crippen molar-refractivity contribution in [2.45, 2.75) is 32.7 Å². The van der Waals surface area contributed by atoms with Gasteiger partial charge in [0.1, 0.15) is 17.3 Å². The highest BCUT2D eigenvalue weighted by atomic mass is 16.5. The number of H-pyrrole nitrogens is 1. The van der Waals surface area contributed by atoms with E-state index in [2.05, 4.69) is 42.8 Å². The Bertz CT molecular complexity index is 1230. The van der Waals surface area contributed by atoms with E-state index in [1.165, 1.54) is 0 Å². The zero-order valence-corrected chi connectivity index (χ0v) is 18.3. The summed E-state index contributed by atoms with van der Waals surface area (Å²) in [7, 11) is 1.84. The van der Waals surface area contributed by atoms with Crippen molar-refractivity contribution in [1.29, 1.82) is 0 Å². The van der Waals surface area contributed by atoms with Crippen LogP contribution >= 0.6 is 0 Å². The van der Waals surface area contributed by atoms with Crippen molar-refractivity contribution in [2.24, 2.45) is 0 Å². The average Bonchev–Trinajstić information content (AvgIpc) is 3.42. The molecule has 5 rings (SSSR count). The first-order valence-corrected chi connectivity index (χ1v) is 10.7. The van der Waals surface area contributed by atoms with Gasteiger partial charge < -0.3 is 20.1 Å². The first kappa shape index (κ1) is 20.0. The maximum atomic E-state index is 5.73. The molecule has 0 radical (unpaired) electrons. The molecule has 0 amide bonds. The van der Waals surface area contributed by atoms with E-state index in [-0.39, 0.29) is 6.04 Å². The molecule has 10 nitrogen and oxygen atoms in total. The molecule has 3 N–H and O–H groups in total. The fourth-order valence-electron chi connectivity index (χ4n) is 3.78. The fourth-order valence-corrected chi connectivity index (χ4v) is 3.78. The minimum atomic E-state index is 0.0403. The number of aromatic amines is 1.